The second-order valence-corrected chi connectivity index (χ2v) is 5.05. The second kappa shape index (κ2) is 6.02. The van der Waals surface area contributed by atoms with E-state index < -0.39 is 11.7 Å². The van der Waals surface area contributed by atoms with Crippen LogP contribution in [-0.2, 0) is 0 Å². The van der Waals surface area contributed by atoms with E-state index in [0.29, 0.717) is 12.5 Å². The Balaban J connectivity index is 1.89. The molecule has 0 heterocycles. The summed E-state index contributed by atoms with van der Waals surface area (Å²) in [7, 11) is 0. The van der Waals surface area contributed by atoms with E-state index in [4.69, 9.17) is 0 Å². The third-order valence-corrected chi connectivity index (χ3v) is 3.57. The van der Waals surface area contributed by atoms with Gasteiger partial charge in [-0.1, -0.05) is 0 Å². The SMILES string of the molecule is O=C(NCC1CCC(O)CC1)c1cc(F)ccc1O. The molecule has 0 aliphatic heterocycles. The number of hydrogen-bond acceptors (Lipinski definition) is 3. The fourth-order valence-electron chi connectivity index (χ4n) is 2.37. The maximum atomic E-state index is 13.0. The van der Waals surface area contributed by atoms with E-state index >= 15 is 0 Å². The molecule has 3 N–H and O–H groups in total. The number of halogens is 1. The zero-order valence-corrected chi connectivity index (χ0v) is 10.6. The van der Waals surface area contributed by atoms with Crippen molar-refractivity contribution in [3.8, 4) is 5.75 Å². The van der Waals surface area contributed by atoms with Crippen LogP contribution in [0.2, 0.25) is 0 Å². The van der Waals surface area contributed by atoms with Crippen LogP contribution in [0.25, 0.3) is 0 Å². The lowest BCUT2D eigenvalue weighted by molar-refractivity contribution is 0.0907. The van der Waals surface area contributed by atoms with Crippen LogP contribution in [0, 0.1) is 11.7 Å². The van der Waals surface area contributed by atoms with Gasteiger partial charge in [0, 0.05) is 6.54 Å². The molecule has 1 fully saturated rings. The number of aromatic hydroxyl groups is 1. The van der Waals surface area contributed by atoms with Crippen molar-refractivity contribution in [1.82, 2.24) is 5.32 Å². The fourth-order valence-corrected chi connectivity index (χ4v) is 2.37. The van der Waals surface area contributed by atoms with Crippen LogP contribution in [0.15, 0.2) is 18.2 Å². The predicted octanol–water partition coefficient (Wildman–Crippen LogP) is 1.81. The van der Waals surface area contributed by atoms with Gasteiger partial charge in [0.1, 0.15) is 11.6 Å². The Kier molecular flexibility index (Phi) is 4.37. The quantitative estimate of drug-likeness (QED) is 0.782. The average molecular weight is 267 g/mol. The van der Waals surface area contributed by atoms with Crippen molar-refractivity contribution in [1.29, 1.82) is 0 Å². The minimum atomic E-state index is -0.552. The molecule has 104 valence electrons. The normalized spacial score (nSPS) is 23.1. The average Bonchev–Trinajstić information content (AvgIpc) is 2.40. The maximum absolute atomic E-state index is 13.0. The van der Waals surface area contributed by atoms with Crippen molar-refractivity contribution in [2.75, 3.05) is 6.54 Å². The summed E-state index contributed by atoms with van der Waals surface area (Å²) in [5, 5.41) is 21.6. The van der Waals surface area contributed by atoms with Crippen LogP contribution in [0.1, 0.15) is 36.0 Å². The molecule has 1 aromatic carbocycles. The number of nitrogens with one attached hydrogen (secondary N) is 1. The van der Waals surface area contributed by atoms with E-state index in [9.17, 15) is 19.4 Å². The molecule has 0 spiro atoms. The number of aliphatic hydroxyl groups excluding tert-OH is 1. The topological polar surface area (TPSA) is 69.6 Å². The van der Waals surface area contributed by atoms with Crippen LogP contribution < -0.4 is 5.32 Å². The summed E-state index contributed by atoms with van der Waals surface area (Å²) in [4.78, 5) is 11.8. The summed E-state index contributed by atoms with van der Waals surface area (Å²) in [6, 6.07) is 3.30. The highest BCUT2D eigenvalue weighted by Crippen LogP contribution is 2.24. The van der Waals surface area contributed by atoms with Crippen LogP contribution in [0.4, 0.5) is 4.39 Å². The van der Waals surface area contributed by atoms with Crippen molar-refractivity contribution in [3.63, 3.8) is 0 Å². The van der Waals surface area contributed by atoms with Crippen LogP contribution in [0.3, 0.4) is 0 Å². The number of rotatable bonds is 3. The van der Waals surface area contributed by atoms with Gasteiger partial charge >= 0.3 is 0 Å². The number of carbonyl (C=O) groups is 1. The van der Waals surface area contributed by atoms with Crippen molar-refractivity contribution in [2.45, 2.75) is 31.8 Å². The third kappa shape index (κ3) is 3.67. The Morgan fingerprint density at radius 3 is 2.68 bits per heavy atom. The molecule has 2 rings (SSSR count). The molecule has 1 aliphatic carbocycles. The molecular formula is C14H18FNO3. The summed E-state index contributed by atoms with van der Waals surface area (Å²) < 4.78 is 13.0. The summed E-state index contributed by atoms with van der Waals surface area (Å²) in [5.41, 5.74) is -0.0455. The van der Waals surface area contributed by atoms with E-state index in [0.717, 1.165) is 37.8 Å². The molecule has 1 amide bonds. The molecule has 0 bridgehead atoms. The standard InChI is InChI=1S/C14H18FNO3/c15-10-3-6-13(18)12(7-10)14(19)16-8-9-1-4-11(17)5-2-9/h3,6-7,9,11,17-18H,1-2,4-5,8H2,(H,16,19). The number of phenols is 1. The lowest BCUT2D eigenvalue weighted by Gasteiger charge is -2.25. The Morgan fingerprint density at radius 1 is 1.32 bits per heavy atom. The summed E-state index contributed by atoms with van der Waals surface area (Å²) in [6.45, 7) is 0.488. The molecule has 1 aromatic rings. The van der Waals surface area contributed by atoms with E-state index in [1.807, 2.05) is 0 Å². The fraction of sp³-hybridized carbons (Fsp3) is 0.500. The Hall–Kier alpha value is -1.62. The Labute approximate surface area is 111 Å². The second-order valence-electron chi connectivity index (χ2n) is 5.05. The zero-order chi connectivity index (χ0) is 13.8. The molecule has 0 radical (unpaired) electrons. The number of benzene rings is 1. The van der Waals surface area contributed by atoms with Gasteiger partial charge in [-0.3, -0.25) is 4.79 Å². The van der Waals surface area contributed by atoms with Gasteiger partial charge in [0.25, 0.3) is 5.91 Å². The molecule has 5 heteroatoms. The smallest absolute Gasteiger partial charge is 0.255 e. The highest BCUT2D eigenvalue weighted by Gasteiger charge is 2.20. The lowest BCUT2D eigenvalue weighted by atomic mass is 9.87. The van der Waals surface area contributed by atoms with Crippen molar-refractivity contribution < 1.29 is 19.4 Å². The minimum Gasteiger partial charge on any atom is -0.507 e. The highest BCUT2D eigenvalue weighted by molar-refractivity contribution is 5.96. The lowest BCUT2D eigenvalue weighted by Crippen LogP contribution is -2.32. The molecule has 0 unspecified atom stereocenters. The van der Waals surface area contributed by atoms with Gasteiger partial charge in [-0.15, -0.1) is 0 Å². The highest BCUT2D eigenvalue weighted by atomic mass is 19.1. The monoisotopic (exact) mass is 267 g/mol. The molecule has 0 saturated heterocycles. The number of aliphatic hydroxyl groups is 1. The zero-order valence-electron chi connectivity index (χ0n) is 10.6. The summed E-state index contributed by atoms with van der Waals surface area (Å²) in [6.07, 6.45) is 3.03. The van der Waals surface area contributed by atoms with Gasteiger partial charge in [0.2, 0.25) is 0 Å². The minimum absolute atomic E-state index is 0.0455. The number of phenolic OH excluding ortho intramolecular Hbond substituents is 1. The van der Waals surface area contributed by atoms with Gasteiger partial charge < -0.3 is 15.5 Å². The van der Waals surface area contributed by atoms with Gasteiger partial charge in [-0.05, 0) is 49.8 Å². The molecule has 1 aliphatic rings. The van der Waals surface area contributed by atoms with Crippen molar-refractivity contribution in [3.05, 3.63) is 29.6 Å². The number of amides is 1. The van der Waals surface area contributed by atoms with E-state index in [1.54, 1.807) is 0 Å². The number of carbonyl (C=O) groups excluding carboxylic acids is 1. The maximum Gasteiger partial charge on any atom is 0.255 e. The first-order valence-corrected chi connectivity index (χ1v) is 6.51. The Morgan fingerprint density at radius 2 is 2.00 bits per heavy atom. The first-order valence-electron chi connectivity index (χ1n) is 6.51. The van der Waals surface area contributed by atoms with E-state index in [1.165, 1.54) is 6.07 Å². The van der Waals surface area contributed by atoms with Gasteiger partial charge in [0.05, 0.1) is 11.7 Å². The van der Waals surface area contributed by atoms with Crippen LogP contribution >= 0.6 is 0 Å². The molecule has 1 saturated carbocycles. The van der Waals surface area contributed by atoms with Crippen molar-refractivity contribution in [2.24, 2.45) is 5.92 Å². The molecule has 0 atom stereocenters. The van der Waals surface area contributed by atoms with Crippen LogP contribution in [-0.4, -0.2) is 28.8 Å². The summed E-state index contributed by atoms with van der Waals surface area (Å²) >= 11 is 0. The Bertz CT molecular complexity index is 456. The van der Waals surface area contributed by atoms with Gasteiger partial charge in [-0.25, -0.2) is 4.39 Å². The van der Waals surface area contributed by atoms with Gasteiger partial charge in [0.15, 0.2) is 0 Å². The largest absolute Gasteiger partial charge is 0.507 e. The predicted molar refractivity (Wildman–Crippen MR) is 68.4 cm³/mol. The van der Waals surface area contributed by atoms with Crippen molar-refractivity contribution >= 4 is 5.91 Å². The third-order valence-electron chi connectivity index (χ3n) is 3.57. The first-order chi connectivity index (χ1) is 9.06. The summed E-state index contributed by atoms with van der Waals surface area (Å²) in [5.74, 6) is -0.909. The molecule has 0 aromatic heterocycles. The van der Waals surface area contributed by atoms with Gasteiger partial charge in [-0.2, -0.15) is 0 Å². The van der Waals surface area contributed by atoms with E-state index in [2.05, 4.69) is 5.32 Å². The molecular weight excluding hydrogens is 249 g/mol. The van der Waals surface area contributed by atoms with E-state index in [-0.39, 0.29) is 17.4 Å². The number of hydrogen-bond donors (Lipinski definition) is 3. The molecule has 19 heavy (non-hydrogen) atoms. The molecule has 4 nitrogen and oxygen atoms in total. The van der Waals surface area contributed by atoms with Crippen LogP contribution in [0.5, 0.6) is 5.75 Å². The first kappa shape index (κ1) is 13.8.